The van der Waals surface area contributed by atoms with E-state index in [-0.39, 0.29) is 0 Å². The third-order valence-corrected chi connectivity index (χ3v) is 18.4. The molecule has 0 radical (unpaired) electrons. The lowest BCUT2D eigenvalue weighted by molar-refractivity contribution is 0.953. The summed E-state index contributed by atoms with van der Waals surface area (Å²) in [6, 6.07) is 102. The van der Waals surface area contributed by atoms with Crippen molar-refractivity contribution >= 4 is 53.6 Å². The second-order valence-corrected chi connectivity index (χ2v) is 21.9. The molecule has 0 bridgehead atoms. The molecule has 6 heteroatoms. The van der Waals surface area contributed by atoms with Crippen molar-refractivity contribution in [3.05, 3.63) is 285 Å². The first-order valence-electron chi connectivity index (χ1n) is 25.3. The topological polar surface area (TPSA) is 48.5 Å². The van der Waals surface area contributed by atoms with Gasteiger partial charge in [0, 0.05) is 57.9 Å². The number of aromatic nitrogens is 5. The van der Waals surface area contributed by atoms with Crippen LogP contribution in [0.4, 0.5) is 0 Å². The smallest absolute Gasteiger partial charge is 0.238 e. The van der Waals surface area contributed by atoms with Crippen LogP contribution in [0.1, 0.15) is 0 Å². The molecule has 3 aromatic heterocycles. The average Bonchev–Trinajstić information content (AvgIpc) is 4.01. The van der Waals surface area contributed by atoms with E-state index in [1.165, 1.54) is 41.4 Å². The quantitative estimate of drug-likeness (QED) is 0.137. The highest BCUT2D eigenvalue weighted by Crippen LogP contribution is 2.73. The van der Waals surface area contributed by atoms with Gasteiger partial charge in [-0.3, -0.25) is 4.57 Å². The summed E-state index contributed by atoms with van der Waals surface area (Å²) in [5.41, 5.74) is 11.6. The monoisotopic (exact) mass is 977 g/mol. The SMILES string of the molecule is c1ccc(-c2cc(-c3ccccc3)cc(-c3nc(-c4ccc(S(c5ccccc5)(c5ccccc5)c5ccccc5)cc4)nc(-n4c5ccccc5c5cc(-n6c7ccccc7c7ccccc76)ccc54)n3)c2)cc1. The van der Waals surface area contributed by atoms with E-state index in [9.17, 15) is 0 Å². The van der Waals surface area contributed by atoms with Crippen molar-refractivity contribution in [3.63, 3.8) is 0 Å². The number of rotatable bonds is 10. The van der Waals surface area contributed by atoms with Crippen molar-refractivity contribution in [2.45, 2.75) is 19.6 Å². The molecule has 0 aliphatic heterocycles. The Hall–Kier alpha value is -9.62. The first-order valence-corrected chi connectivity index (χ1v) is 27.0. The Morgan fingerprint density at radius 3 is 1.11 bits per heavy atom. The minimum absolute atomic E-state index is 0.541. The van der Waals surface area contributed by atoms with Crippen molar-refractivity contribution in [2.24, 2.45) is 0 Å². The Labute approximate surface area is 436 Å². The van der Waals surface area contributed by atoms with Gasteiger partial charge in [0.25, 0.3) is 0 Å². The predicted molar refractivity (Wildman–Crippen MR) is 310 cm³/mol. The minimum atomic E-state index is -1.92. The normalized spacial score (nSPS) is 11.9. The molecule has 0 aliphatic rings. The van der Waals surface area contributed by atoms with E-state index in [2.05, 4.69) is 294 Å². The van der Waals surface area contributed by atoms with Crippen LogP contribution < -0.4 is 0 Å². The van der Waals surface area contributed by atoms with Crippen LogP contribution in [0.5, 0.6) is 0 Å². The maximum atomic E-state index is 5.51. The first-order chi connectivity index (χ1) is 37.2. The highest BCUT2D eigenvalue weighted by molar-refractivity contribution is 8.34. The molecule has 14 rings (SSSR count). The molecule has 0 N–H and O–H groups in total. The molecule has 14 aromatic rings. The summed E-state index contributed by atoms with van der Waals surface area (Å²) in [4.78, 5) is 21.5. The van der Waals surface area contributed by atoms with Crippen molar-refractivity contribution in [2.75, 3.05) is 0 Å². The van der Waals surface area contributed by atoms with E-state index in [0.29, 0.717) is 17.6 Å². The van der Waals surface area contributed by atoms with Crippen LogP contribution in [0, 0.1) is 0 Å². The Bertz CT molecular complexity index is 4170. The average molecular weight is 978 g/mol. The van der Waals surface area contributed by atoms with E-state index in [1.54, 1.807) is 0 Å². The molecule has 0 saturated heterocycles. The Morgan fingerprint density at radius 2 is 0.613 bits per heavy atom. The third-order valence-electron chi connectivity index (χ3n) is 14.5. The Balaban J connectivity index is 1.000. The molecule has 0 fully saturated rings. The second-order valence-electron chi connectivity index (χ2n) is 18.8. The van der Waals surface area contributed by atoms with Gasteiger partial charge in [0.2, 0.25) is 5.95 Å². The Morgan fingerprint density at radius 1 is 0.240 bits per heavy atom. The van der Waals surface area contributed by atoms with Gasteiger partial charge in [-0.05, 0) is 125 Å². The largest absolute Gasteiger partial charge is 0.309 e. The van der Waals surface area contributed by atoms with E-state index >= 15 is 0 Å². The summed E-state index contributed by atoms with van der Waals surface area (Å²) < 4.78 is 4.60. The molecule has 0 saturated carbocycles. The highest BCUT2D eigenvalue weighted by Gasteiger charge is 2.33. The molecule has 75 heavy (non-hydrogen) atoms. The summed E-state index contributed by atoms with van der Waals surface area (Å²) in [6.07, 6.45) is 0. The van der Waals surface area contributed by atoms with Gasteiger partial charge >= 0.3 is 0 Å². The number of para-hydroxylation sites is 3. The van der Waals surface area contributed by atoms with Gasteiger partial charge in [-0.15, -0.1) is 10.0 Å². The zero-order valence-electron chi connectivity index (χ0n) is 40.8. The third kappa shape index (κ3) is 7.53. The number of hydrogen-bond donors (Lipinski definition) is 0. The highest BCUT2D eigenvalue weighted by atomic mass is 32.3. The number of nitrogens with zero attached hydrogens (tertiary/aromatic N) is 5. The van der Waals surface area contributed by atoms with Crippen molar-refractivity contribution in [1.29, 1.82) is 0 Å². The minimum Gasteiger partial charge on any atom is -0.309 e. The number of benzene rings is 11. The fourth-order valence-electron chi connectivity index (χ4n) is 11.1. The van der Waals surface area contributed by atoms with Gasteiger partial charge in [-0.1, -0.05) is 182 Å². The fourth-order valence-corrected chi connectivity index (χ4v) is 15.0. The molecule has 11 aromatic carbocycles. The van der Waals surface area contributed by atoms with E-state index in [4.69, 9.17) is 15.0 Å². The van der Waals surface area contributed by atoms with E-state index in [1.807, 2.05) is 0 Å². The van der Waals surface area contributed by atoms with Crippen LogP contribution >= 0.6 is 10.0 Å². The van der Waals surface area contributed by atoms with Gasteiger partial charge < -0.3 is 4.57 Å². The molecule has 0 amide bonds. The predicted octanol–water partition coefficient (Wildman–Crippen LogP) is 18.1. The van der Waals surface area contributed by atoms with Gasteiger partial charge in [0.05, 0.1) is 22.1 Å². The lowest BCUT2D eigenvalue weighted by atomic mass is 9.96. The van der Waals surface area contributed by atoms with Crippen molar-refractivity contribution < 1.29 is 0 Å². The molecule has 0 aliphatic carbocycles. The number of hydrogen-bond acceptors (Lipinski definition) is 3. The van der Waals surface area contributed by atoms with Gasteiger partial charge in [-0.2, -0.15) is 9.97 Å². The molecule has 354 valence electrons. The zero-order chi connectivity index (χ0) is 49.7. The molecule has 5 nitrogen and oxygen atoms in total. The van der Waals surface area contributed by atoms with Crippen molar-refractivity contribution in [3.8, 4) is 56.7 Å². The van der Waals surface area contributed by atoms with Gasteiger partial charge in [-0.25, -0.2) is 4.98 Å². The maximum Gasteiger partial charge on any atom is 0.238 e. The molecule has 0 spiro atoms. The summed E-state index contributed by atoms with van der Waals surface area (Å²) in [5.74, 6) is 1.71. The van der Waals surface area contributed by atoms with Crippen LogP contribution in [0.25, 0.3) is 100 Å². The first kappa shape index (κ1) is 44.1. The zero-order valence-corrected chi connectivity index (χ0v) is 41.6. The second kappa shape index (κ2) is 18.5. The Kier molecular flexibility index (Phi) is 10.9. The van der Waals surface area contributed by atoms with Gasteiger partial charge in [0.1, 0.15) is 0 Å². The summed E-state index contributed by atoms with van der Waals surface area (Å²) in [6.45, 7) is 0. The van der Waals surface area contributed by atoms with Crippen LogP contribution in [0.2, 0.25) is 0 Å². The van der Waals surface area contributed by atoms with E-state index in [0.717, 1.165) is 60.9 Å². The van der Waals surface area contributed by atoms with Crippen LogP contribution in [-0.2, 0) is 0 Å². The molecule has 0 unspecified atom stereocenters. The standard InChI is InChI=1S/C69H47N5S/c1-6-22-48(23-7-1)51-44-52(49-24-8-2-9-25-49)46-53(45-51)68-70-67(50-38-41-58(42-39-50)75(55-26-10-3-11-27-55,56-28-12-4-13-29-56)57-30-14-5-15-31-57)71-69(72-68)74-65-37-21-18-34-61(65)62-47-54(40-43-66(62)74)73-63-35-19-16-32-59(63)60-33-17-20-36-64(60)73/h1-47H. The lowest BCUT2D eigenvalue weighted by Crippen LogP contribution is -2.07. The molecule has 0 atom stereocenters. The van der Waals surface area contributed by atoms with Crippen LogP contribution in [-0.4, -0.2) is 24.1 Å². The van der Waals surface area contributed by atoms with E-state index < -0.39 is 10.0 Å². The molecular weight excluding hydrogens is 931 g/mol. The van der Waals surface area contributed by atoms with Crippen molar-refractivity contribution in [1.82, 2.24) is 24.1 Å². The van der Waals surface area contributed by atoms with Crippen LogP contribution in [0.3, 0.4) is 0 Å². The summed E-state index contributed by atoms with van der Waals surface area (Å²) >= 11 is 0. The molecule has 3 heterocycles. The van der Waals surface area contributed by atoms with Crippen LogP contribution in [0.15, 0.2) is 305 Å². The molecular formula is C69H47N5S. The number of fused-ring (bicyclic) bond motifs is 6. The maximum absolute atomic E-state index is 5.51. The summed E-state index contributed by atoms with van der Waals surface area (Å²) in [7, 11) is -1.92. The fraction of sp³-hybridized carbons (Fsp3) is 0. The summed E-state index contributed by atoms with van der Waals surface area (Å²) in [5, 5.41) is 4.68. The van der Waals surface area contributed by atoms with Gasteiger partial charge in [0.15, 0.2) is 11.6 Å². The lowest BCUT2D eigenvalue weighted by Gasteiger charge is -2.42.